The fourth-order valence-corrected chi connectivity index (χ4v) is 2.03. The minimum absolute atomic E-state index is 0.408. The molecule has 0 aliphatic heterocycles. The number of hydrogen-bond donors (Lipinski definition) is 2. The molecule has 1 aromatic rings. The maximum absolute atomic E-state index is 10.4. The summed E-state index contributed by atoms with van der Waals surface area (Å²) in [5, 5.41) is 21.5. The molecule has 0 atom stereocenters. The average molecular weight is 263 g/mol. The van der Waals surface area contributed by atoms with Gasteiger partial charge in [-0.1, -0.05) is 30.3 Å². The fraction of sp³-hybridized carbons (Fsp3) is 0.250. The SMILES string of the molecule is N#CCCS/C(Cc1ccccc1)=N\NC(=O)O. The highest BCUT2D eigenvalue weighted by Gasteiger charge is 2.04. The second-order valence-electron chi connectivity index (χ2n) is 3.34. The highest BCUT2D eigenvalue weighted by molar-refractivity contribution is 8.13. The first kappa shape index (κ1) is 14.1. The Bertz CT molecular complexity index is 454. The second-order valence-corrected chi connectivity index (χ2v) is 4.51. The van der Waals surface area contributed by atoms with Crippen molar-refractivity contribution < 1.29 is 9.90 Å². The molecule has 1 rings (SSSR count). The molecule has 5 nitrogen and oxygen atoms in total. The van der Waals surface area contributed by atoms with Crippen molar-refractivity contribution in [1.29, 1.82) is 5.26 Å². The Kier molecular flexibility index (Phi) is 6.36. The first-order valence-electron chi connectivity index (χ1n) is 5.31. The number of hydrazone groups is 1. The molecule has 1 aromatic carbocycles. The zero-order valence-corrected chi connectivity index (χ0v) is 10.5. The largest absolute Gasteiger partial charge is 0.464 e. The molecule has 0 saturated carbocycles. The van der Waals surface area contributed by atoms with E-state index in [1.165, 1.54) is 11.8 Å². The number of amides is 1. The number of benzene rings is 1. The van der Waals surface area contributed by atoms with E-state index < -0.39 is 6.09 Å². The number of carbonyl (C=O) groups is 1. The summed E-state index contributed by atoms with van der Waals surface area (Å²) < 4.78 is 0. The quantitative estimate of drug-likeness (QED) is 0.370. The van der Waals surface area contributed by atoms with Gasteiger partial charge >= 0.3 is 6.09 Å². The summed E-state index contributed by atoms with van der Waals surface area (Å²) in [6.45, 7) is 0. The van der Waals surface area contributed by atoms with Crippen LogP contribution in [0.15, 0.2) is 35.4 Å². The standard InChI is InChI=1S/C12H13N3O2S/c13-7-4-8-18-11(14-15-12(16)17)9-10-5-2-1-3-6-10/h1-3,5-6,15H,4,8-9H2,(H,16,17)/b14-11-. The van der Waals surface area contributed by atoms with Gasteiger partial charge in [0.15, 0.2) is 0 Å². The Morgan fingerprint density at radius 3 is 2.78 bits per heavy atom. The number of nitrogens with zero attached hydrogens (tertiary/aromatic N) is 2. The summed E-state index contributed by atoms with van der Waals surface area (Å²) >= 11 is 1.38. The van der Waals surface area contributed by atoms with Crippen LogP contribution in [0.1, 0.15) is 12.0 Å². The van der Waals surface area contributed by atoms with Crippen LogP contribution < -0.4 is 5.43 Å². The van der Waals surface area contributed by atoms with Gasteiger partial charge in [0.1, 0.15) is 0 Å². The van der Waals surface area contributed by atoms with Crippen LogP contribution in [0, 0.1) is 11.3 Å². The summed E-state index contributed by atoms with van der Waals surface area (Å²) in [6.07, 6.45) is -0.232. The monoisotopic (exact) mass is 263 g/mol. The zero-order chi connectivity index (χ0) is 13.2. The van der Waals surface area contributed by atoms with E-state index in [2.05, 4.69) is 5.10 Å². The van der Waals surface area contributed by atoms with Gasteiger partial charge in [0, 0.05) is 18.6 Å². The van der Waals surface area contributed by atoms with Crippen molar-refractivity contribution in [3.8, 4) is 6.07 Å². The molecule has 0 spiro atoms. The maximum atomic E-state index is 10.4. The van der Waals surface area contributed by atoms with Crippen molar-refractivity contribution in [2.75, 3.05) is 5.75 Å². The Morgan fingerprint density at radius 2 is 2.17 bits per heavy atom. The number of rotatable bonds is 5. The smallest absolute Gasteiger partial charge is 0.425 e. The molecule has 6 heteroatoms. The number of carboxylic acid groups (broad SMARTS) is 1. The summed E-state index contributed by atoms with van der Waals surface area (Å²) in [5.74, 6) is 0.601. The summed E-state index contributed by atoms with van der Waals surface area (Å²) in [5.41, 5.74) is 3.04. The third kappa shape index (κ3) is 5.92. The Balaban J connectivity index is 2.62. The van der Waals surface area contributed by atoms with Crippen molar-refractivity contribution in [1.82, 2.24) is 5.43 Å². The normalized spacial score (nSPS) is 10.7. The van der Waals surface area contributed by atoms with Crippen LogP contribution in [0.5, 0.6) is 0 Å². The Morgan fingerprint density at radius 1 is 1.44 bits per heavy atom. The van der Waals surface area contributed by atoms with Gasteiger partial charge in [0.05, 0.1) is 11.1 Å². The molecule has 0 fully saturated rings. The predicted octanol–water partition coefficient (Wildman–Crippen LogP) is 2.46. The topological polar surface area (TPSA) is 85.5 Å². The molecule has 2 N–H and O–H groups in total. The minimum atomic E-state index is -1.19. The lowest BCUT2D eigenvalue weighted by molar-refractivity contribution is 0.195. The lowest BCUT2D eigenvalue weighted by atomic mass is 10.2. The van der Waals surface area contributed by atoms with Crippen LogP contribution in [0.25, 0.3) is 0 Å². The van der Waals surface area contributed by atoms with Crippen molar-refractivity contribution in [2.45, 2.75) is 12.8 Å². The van der Waals surface area contributed by atoms with Crippen molar-refractivity contribution >= 4 is 22.9 Å². The Hall–Kier alpha value is -2.00. The third-order valence-electron chi connectivity index (χ3n) is 1.96. The van der Waals surface area contributed by atoms with Crippen molar-refractivity contribution in [3.63, 3.8) is 0 Å². The minimum Gasteiger partial charge on any atom is -0.464 e. The van der Waals surface area contributed by atoms with Gasteiger partial charge in [-0.2, -0.15) is 10.4 Å². The molecule has 0 aliphatic carbocycles. The molecule has 0 aliphatic rings. The molecule has 0 aromatic heterocycles. The lowest BCUT2D eigenvalue weighted by Gasteiger charge is -2.05. The molecular weight excluding hydrogens is 250 g/mol. The van der Waals surface area contributed by atoms with Gasteiger partial charge in [-0.05, 0) is 5.56 Å². The van der Waals surface area contributed by atoms with Crippen molar-refractivity contribution in [2.24, 2.45) is 5.10 Å². The van der Waals surface area contributed by atoms with E-state index in [1.54, 1.807) is 0 Å². The lowest BCUT2D eigenvalue weighted by Crippen LogP contribution is -2.16. The molecule has 1 amide bonds. The summed E-state index contributed by atoms with van der Waals surface area (Å²) in [4.78, 5) is 10.4. The highest BCUT2D eigenvalue weighted by Crippen LogP contribution is 2.11. The molecule has 0 bridgehead atoms. The van der Waals surface area contributed by atoms with Crippen LogP contribution in [-0.2, 0) is 6.42 Å². The molecule has 0 saturated heterocycles. The van der Waals surface area contributed by atoms with E-state index in [0.717, 1.165) is 5.56 Å². The van der Waals surface area contributed by atoms with Crippen LogP contribution in [0.3, 0.4) is 0 Å². The first-order valence-corrected chi connectivity index (χ1v) is 6.30. The van der Waals surface area contributed by atoms with Crippen LogP contribution in [0.2, 0.25) is 0 Å². The van der Waals surface area contributed by atoms with E-state index in [-0.39, 0.29) is 0 Å². The van der Waals surface area contributed by atoms with Gasteiger partial charge in [-0.15, -0.1) is 11.8 Å². The van der Waals surface area contributed by atoms with Crippen LogP contribution >= 0.6 is 11.8 Å². The van der Waals surface area contributed by atoms with Crippen molar-refractivity contribution in [3.05, 3.63) is 35.9 Å². The molecule has 18 heavy (non-hydrogen) atoms. The van der Waals surface area contributed by atoms with Gasteiger partial charge in [0.2, 0.25) is 0 Å². The van der Waals surface area contributed by atoms with Crippen LogP contribution in [0.4, 0.5) is 4.79 Å². The Labute approximate surface area is 110 Å². The third-order valence-corrected chi connectivity index (χ3v) is 2.93. The van der Waals surface area contributed by atoms with Gasteiger partial charge < -0.3 is 5.11 Å². The molecule has 0 radical (unpaired) electrons. The molecular formula is C12H13N3O2S. The molecule has 0 unspecified atom stereocenters. The van der Waals surface area contributed by atoms with E-state index in [1.807, 2.05) is 41.8 Å². The van der Waals surface area contributed by atoms with E-state index >= 15 is 0 Å². The highest BCUT2D eigenvalue weighted by atomic mass is 32.2. The first-order chi connectivity index (χ1) is 8.72. The summed E-state index contributed by atoms with van der Waals surface area (Å²) in [7, 11) is 0. The number of nitrogens with one attached hydrogen (secondary N) is 1. The van der Waals surface area contributed by atoms with Crippen LogP contribution in [-0.4, -0.2) is 22.0 Å². The zero-order valence-electron chi connectivity index (χ0n) is 9.67. The van der Waals surface area contributed by atoms with Gasteiger partial charge in [0.25, 0.3) is 0 Å². The predicted molar refractivity (Wildman–Crippen MR) is 71.4 cm³/mol. The fourth-order valence-electron chi connectivity index (χ4n) is 1.22. The van der Waals surface area contributed by atoms with Gasteiger partial charge in [-0.25, -0.2) is 10.2 Å². The van der Waals surface area contributed by atoms with E-state index in [4.69, 9.17) is 10.4 Å². The van der Waals surface area contributed by atoms with E-state index in [0.29, 0.717) is 23.6 Å². The maximum Gasteiger partial charge on any atom is 0.425 e. The molecule has 94 valence electrons. The van der Waals surface area contributed by atoms with E-state index in [9.17, 15) is 4.79 Å². The second kappa shape index (κ2) is 8.14. The van der Waals surface area contributed by atoms with Gasteiger partial charge in [-0.3, -0.25) is 0 Å². The number of thioether (sulfide) groups is 1. The number of hydrogen-bond acceptors (Lipinski definition) is 4. The number of nitriles is 1. The molecule has 0 heterocycles. The summed E-state index contributed by atoms with van der Waals surface area (Å²) in [6, 6.07) is 11.7. The average Bonchev–Trinajstić information content (AvgIpc) is 2.37.